The Hall–Kier alpha value is -2.51. The zero-order chi connectivity index (χ0) is 21.2. The maximum atomic E-state index is 14.2. The first kappa shape index (κ1) is 21.2. The lowest BCUT2D eigenvalue weighted by molar-refractivity contribution is 0.554. The number of hydrogen-bond donors (Lipinski definition) is 1. The van der Waals surface area contributed by atoms with Gasteiger partial charge < -0.3 is 10.3 Å². The highest BCUT2D eigenvalue weighted by atomic mass is 32.2. The van der Waals surface area contributed by atoms with Crippen molar-refractivity contribution in [2.75, 3.05) is 12.8 Å². The standard InChI is InChI=1S/C22H26FN3O2S/c1-15-4-11-21-22(25-15)20(16(2)26(21)14-18(23)12-13-24)10-7-17-5-8-19(9-6-17)29(3,27)28/h4-6,8-9,11-12H,7,10,13-14,24H2,1-3H3/b18-12-. The van der Waals surface area contributed by atoms with Crippen LogP contribution in [0.3, 0.4) is 0 Å². The minimum atomic E-state index is -3.20. The van der Waals surface area contributed by atoms with Gasteiger partial charge in [-0.15, -0.1) is 0 Å². The summed E-state index contributed by atoms with van der Waals surface area (Å²) in [6, 6.07) is 10.9. The predicted molar refractivity (Wildman–Crippen MR) is 114 cm³/mol. The van der Waals surface area contributed by atoms with Crippen LogP contribution in [0.1, 0.15) is 22.5 Å². The van der Waals surface area contributed by atoms with E-state index in [1.807, 2.05) is 42.7 Å². The Kier molecular flexibility index (Phi) is 6.19. The number of aromatic nitrogens is 2. The van der Waals surface area contributed by atoms with E-state index in [0.29, 0.717) is 4.90 Å². The maximum absolute atomic E-state index is 14.2. The highest BCUT2D eigenvalue weighted by Crippen LogP contribution is 2.27. The molecule has 0 amide bonds. The maximum Gasteiger partial charge on any atom is 0.175 e. The van der Waals surface area contributed by atoms with Crippen LogP contribution in [0.15, 0.2) is 53.2 Å². The smallest absolute Gasteiger partial charge is 0.175 e. The van der Waals surface area contributed by atoms with E-state index < -0.39 is 9.84 Å². The van der Waals surface area contributed by atoms with Crippen LogP contribution in [0.2, 0.25) is 0 Å². The van der Waals surface area contributed by atoms with Crippen LogP contribution in [-0.4, -0.2) is 30.8 Å². The Morgan fingerprint density at radius 3 is 2.45 bits per heavy atom. The van der Waals surface area contributed by atoms with Gasteiger partial charge in [0.25, 0.3) is 0 Å². The summed E-state index contributed by atoms with van der Waals surface area (Å²) in [5.41, 5.74) is 11.2. The van der Waals surface area contributed by atoms with Gasteiger partial charge in [0, 0.05) is 24.2 Å². The fourth-order valence-corrected chi connectivity index (χ4v) is 4.15. The molecule has 2 aromatic heterocycles. The lowest BCUT2D eigenvalue weighted by atomic mass is 10.0. The topological polar surface area (TPSA) is 78.0 Å². The van der Waals surface area contributed by atoms with E-state index in [1.165, 1.54) is 12.3 Å². The van der Waals surface area contributed by atoms with E-state index in [-0.39, 0.29) is 18.9 Å². The summed E-state index contributed by atoms with van der Waals surface area (Å²) in [6.07, 6.45) is 4.05. The fraction of sp³-hybridized carbons (Fsp3) is 0.318. The second kappa shape index (κ2) is 8.47. The third-order valence-electron chi connectivity index (χ3n) is 5.10. The van der Waals surface area contributed by atoms with Gasteiger partial charge in [-0.1, -0.05) is 12.1 Å². The number of rotatable bonds is 7. The highest BCUT2D eigenvalue weighted by Gasteiger charge is 2.16. The summed E-state index contributed by atoms with van der Waals surface area (Å²) in [4.78, 5) is 5.02. The normalized spacial score (nSPS) is 12.7. The highest BCUT2D eigenvalue weighted by molar-refractivity contribution is 7.90. The van der Waals surface area contributed by atoms with Crippen LogP contribution in [0, 0.1) is 13.8 Å². The number of sulfone groups is 1. The Morgan fingerprint density at radius 2 is 1.83 bits per heavy atom. The molecule has 0 aliphatic rings. The van der Waals surface area contributed by atoms with Crippen molar-refractivity contribution < 1.29 is 12.8 Å². The van der Waals surface area contributed by atoms with Gasteiger partial charge in [-0.25, -0.2) is 12.8 Å². The molecule has 3 aromatic rings. The molecule has 0 bridgehead atoms. The van der Waals surface area contributed by atoms with E-state index in [9.17, 15) is 12.8 Å². The number of nitrogens with two attached hydrogens (primary N) is 1. The molecule has 0 unspecified atom stereocenters. The molecule has 0 saturated heterocycles. The quantitative estimate of drug-likeness (QED) is 0.639. The van der Waals surface area contributed by atoms with Gasteiger partial charge in [0.2, 0.25) is 0 Å². The summed E-state index contributed by atoms with van der Waals surface area (Å²) >= 11 is 0. The lowest BCUT2D eigenvalue weighted by Crippen LogP contribution is -2.04. The van der Waals surface area contributed by atoms with Gasteiger partial charge in [-0.3, -0.25) is 4.98 Å². The van der Waals surface area contributed by atoms with Gasteiger partial charge in [0.1, 0.15) is 5.83 Å². The number of aryl methyl sites for hydroxylation is 3. The first-order chi connectivity index (χ1) is 13.7. The van der Waals surface area contributed by atoms with Crippen molar-refractivity contribution in [3.05, 3.63) is 70.8 Å². The number of fused-ring (bicyclic) bond motifs is 1. The van der Waals surface area contributed by atoms with Crippen LogP contribution >= 0.6 is 0 Å². The Morgan fingerprint density at radius 1 is 1.14 bits per heavy atom. The van der Waals surface area contributed by atoms with Crippen molar-refractivity contribution in [2.24, 2.45) is 5.73 Å². The summed E-state index contributed by atoms with van der Waals surface area (Å²) in [7, 11) is -3.20. The average Bonchev–Trinajstić information content (AvgIpc) is 2.90. The third-order valence-corrected chi connectivity index (χ3v) is 6.22. The Bertz CT molecular complexity index is 1160. The Labute approximate surface area is 171 Å². The van der Waals surface area contributed by atoms with Crippen LogP contribution in [-0.2, 0) is 29.2 Å². The zero-order valence-electron chi connectivity index (χ0n) is 16.9. The molecule has 5 nitrogen and oxygen atoms in total. The number of nitrogens with zero attached hydrogens (tertiary/aromatic N) is 2. The number of pyridine rings is 1. The molecule has 0 saturated carbocycles. The van der Waals surface area contributed by atoms with Crippen LogP contribution in [0.4, 0.5) is 4.39 Å². The minimum absolute atomic E-state index is 0.132. The second-order valence-corrected chi connectivity index (χ2v) is 9.29. The average molecular weight is 416 g/mol. The molecular formula is C22H26FN3O2S. The molecule has 0 aliphatic heterocycles. The van der Waals surface area contributed by atoms with Crippen molar-refractivity contribution in [3.63, 3.8) is 0 Å². The number of hydrogen-bond acceptors (Lipinski definition) is 4. The van der Waals surface area contributed by atoms with E-state index >= 15 is 0 Å². The predicted octanol–water partition coefficient (Wildman–Crippen LogP) is 3.65. The third kappa shape index (κ3) is 4.74. The van der Waals surface area contributed by atoms with Crippen LogP contribution < -0.4 is 5.73 Å². The van der Waals surface area contributed by atoms with Gasteiger partial charge in [0.15, 0.2) is 9.84 Å². The summed E-state index contributed by atoms with van der Waals surface area (Å²) in [5.74, 6) is -0.268. The second-order valence-electron chi connectivity index (χ2n) is 7.27. The zero-order valence-corrected chi connectivity index (χ0v) is 17.8. The van der Waals surface area contributed by atoms with Gasteiger partial charge >= 0.3 is 0 Å². The van der Waals surface area contributed by atoms with Crippen molar-refractivity contribution in [3.8, 4) is 0 Å². The largest absolute Gasteiger partial charge is 0.337 e. The number of benzene rings is 1. The summed E-state index contributed by atoms with van der Waals surface area (Å²) < 4.78 is 39.4. The molecule has 3 rings (SSSR count). The Balaban J connectivity index is 1.93. The first-order valence-corrected chi connectivity index (χ1v) is 11.4. The first-order valence-electron chi connectivity index (χ1n) is 9.49. The van der Waals surface area contributed by atoms with E-state index in [4.69, 9.17) is 10.7 Å². The van der Waals surface area contributed by atoms with E-state index in [0.717, 1.165) is 46.4 Å². The van der Waals surface area contributed by atoms with Gasteiger partial charge in [-0.2, -0.15) is 0 Å². The molecule has 0 fully saturated rings. The molecule has 0 atom stereocenters. The minimum Gasteiger partial charge on any atom is -0.337 e. The molecule has 2 heterocycles. The van der Waals surface area contributed by atoms with Crippen molar-refractivity contribution in [1.29, 1.82) is 0 Å². The summed E-state index contributed by atoms with van der Waals surface area (Å²) in [6.45, 7) is 4.22. The monoisotopic (exact) mass is 415 g/mol. The number of allylic oxidation sites excluding steroid dienone is 1. The molecule has 7 heteroatoms. The molecule has 0 spiro atoms. The van der Waals surface area contributed by atoms with Crippen molar-refractivity contribution in [1.82, 2.24) is 9.55 Å². The lowest BCUT2D eigenvalue weighted by Gasteiger charge is -2.08. The number of halogens is 1. The van der Waals surface area contributed by atoms with Crippen LogP contribution in [0.25, 0.3) is 11.0 Å². The molecule has 154 valence electrons. The van der Waals surface area contributed by atoms with Gasteiger partial charge in [0.05, 0.1) is 22.5 Å². The van der Waals surface area contributed by atoms with E-state index in [2.05, 4.69) is 0 Å². The van der Waals surface area contributed by atoms with Crippen molar-refractivity contribution >= 4 is 20.9 Å². The molecule has 29 heavy (non-hydrogen) atoms. The van der Waals surface area contributed by atoms with Crippen molar-refractivity contribution in [2.45, 2.75) is 38.1 Å². The SMILES string of the molecule is Cc1ccc2c(n1)c(CCc1ccc(S(C)(=O)=O)cc1)c(C)n2C/C(F)=C/CN. The summed E-state index contributed by atoms with van der Waals surface area (Å²) in [5, 5.41) is 0. The molecule has 2 N–H and O–H groups in total. The molecular weight excluding hydrogens is 389 g/mol. The van der Waals surface area contributed by atoms with Crippen LogP contribution in [0.5, 0.6) is 0 Å². The molecule has 1 aromatic carbocycles. The van der Waals surface area contributed by atoms with E-state index in [1.54, 1.807) is 12.1 Å². The van der Waals surface area contributed by atoms with Gasteiger partial charge in [-0.05, 0) is 68.2 Å². The fourth-order valence-electron chi connectivity index (χ4n) is 3.52. The molecule has 0 aliphatic carbocycles. The molecule has 0 radical (unpaired) electrons.